The number of nitro groups is 1. The van der Waals surface area contributed by atoms with Gasteiger partial charge < -0.3 is 4.74 Å². The number of ether oxygens (including phenoxy) is 1. The van der Waals surface area contributed by atoms with Gasteiger partial charge in [0.15, 0.2) is 0 Å². The van der Waals surface area contributed by atoms with E-state index in [2.05, 4.69) is 0 Å². The molecule has 0 aliphatic rings. The zero-order valence-corrected chi connectivity index (χ0v) is 7.03. The first-order valence-corrected chi connectivity index (χ1v) is 3.36. The van der Waals surface area contributed by atoms with Gasteiger partial charge in [0.05, 0.1) is 17.1 Å². The Morgan fingerprint density at radius 1 is 1.55 bits per heavy atom. The van der Waals surface area contributed by atoms with Gasteiger partial charge in [0.1, 0.15) is 0 Å². The summed E-state index contributed by atoms with van der Waals surface area (Å²) >= 11 is 0. The third-order valence-corrected chi connectivity index (χ3v) is 0.840. The molecule has 0 saturated heterocycles. The van der Waals surface area contributed by atoms with Gasteiger partial charge in [-0.2, -0.15) is 0 Å². The zero-order valence-electron chi connectivity index (χ0n) is 7.03. The van der Waals surface area contributed by atoms with Crippen LogP contribution in [0.15, 0.2) is 12.3 Å². The molecule has 4 nitrogen and oxygen atoms in total. The minimum atomic E-state index is -0.508. The Balaban J connectivity index is 3.50. The van der Waals surface area contributed by atoms with E-state index >= 15 is 0 Å². The predicted molar refractivity (Wildman–Crippen MR) is 41.8 cm³/mol. The van der Waals surface area contributed by atoms with Crippen LogP contribution in [0.1, 0.15) is 20.8 Å². The van der Waals surface area contributed by atoms with Crippen LogP contribution >= 0.6 is 0 Å². The molecule has 0 aromatic rings. The smallest absolute Gasteiger partial charge is 0.232 e. The van der Waals surface area contributed by atoms with E-state index in [1.807, 2.05) is 20.8 Å². The number of hydrogen-bond donors (Lipinski definition) is 0. The lowest BCUT2D eigenvalue weighted by Crippen LogP contribution is -2.18. The van der Waals surface area contributed by atoms with Gasteiger partial charge in [0, 0.05) is 6.08 Å². The van der Waals surface area contributed by atoms with E-state index in [9.17, 15) is 10.1 Å². The molecular formula is C7H13NO3. The van der Waals surface area contributed by atoms with E-state index in [4.69, 9.17) is 4.74 Å². The maximum atomic E-state index is 9.79. The van der Waals surface area contributed by atoms with Crippen LogP contribution in [-0.2, 0) is 4.74 Å². The van der Waals surface area contributed by atoms with Gasteiger partial charge in [-0.3, -0.25) is 10.1 Å². The van der Waals surface area contributed by atoms with Crippen LogP contribution in [-0.4, -0.2) is 17.1 Å². The molecule has 0 saturated carbocycles. The van der Waals surface area contributed by atoms with Crippen molar-refractivity contribution < 1.29 is 9.66 Å². The molecule has 4 heteroatoms. The van der Waals surface area contributed by atoms with Crippen LogP contribution in [0.2, 0.25) is 0 Å². The summed E-state index contributed by atoms with van der Waals surface area (Å²) in [5.41, 5.74) is -0.235. The minimum Gasteiger partial charge on any atom is -0.372 e. The molecule has 0 radical (unpaired) electrons. The fraction of sp³-hybridized carbons (Fsp3) is 0.714. The second-order valence-electron chi connectivity index (χ2n) is 3.09. The average molecular weight is 159 g/mol. The highest BCUT2D eigenvalue weighted by Crippen LogP contribution is 2.05. The van der Waals surface area contributed by atoms with Gasteiger partial charge in [0.2, 0.25) is 6.20 Å². The zero-order chi connectivity index (χ0) is 8.91. The molecule has 0 heterocycles. The first kappa shape index (κ1) is 10.1. The molecule has 0 aromatic heterocycles. The molecule has 0 fully saturated rings. The highest BCUT2D eigenvalue weighted by atomic mass is 16.6. The van der Waals surface area contributed by atoms with Crippen molar-refractivity contribution in [3.05, 3.63) is 22.4 Å². The van der Waals surface area contributed by atoms with E-state index < -0.39 is 4.92 Å². The van der Waals surface area contributed by atoms with Gasteiger partial charge in [-0.05, 0) is 20.8 Å². The van der Waals surface area contributed by atoms with Crippen molar-refractivity contribution in [1.29, 1.82) is 0 Å². The second kappa shape index (κ2) is 4.08. The van der Waals surface area contributed by atoms with E-state index in [0.29, 0.717) is 0 Å². The summed E-state index contributed by atoms with van der Waals surface area (Å²) in [7, 11) is 0. The topological polar surface area (TPSA) is 52.4 Å². The molecule has 0 aliphatic carbocycles. The molecule has 0 unspecified atom stereocenters. The molecular weight excluding hydrogens is 146 g/mol. The molecule has 0 atom stereocenters. The molecule has 0 aromatic carbocycles. The first-order chi connectivity index (χ1) is 4.92. The Morgan fingerprint density at radius 2 is 2.09 bits per heavy atom. The van der Waals surface area contributed by atoms with E-state index in [1.54, 1.807) is 0 Å². The molecule has 0 N–H and O–H groups in total. The van der Waals surface area contributed by atoms with Crippen molar-refractivity contribution in [2.75, 3.05) is 6.61 Å². The van der Waals surface area contributed by atoms with Crippen molar-refractivity contribution in [3.8, 4) is 0 Å². The molecule has 0 amide bonds. The van der Waals surface area contributed by atoms with Crippen LogP contribution in [0.3, 0.4) is 0 Å². The highest BCUT2D eigenvalue weighted by molar-refractivity contribution is 4.73. The van der Waals surface area contributed by atoms with Gasteiger partial charge in [-0.25, -0.2) is 0 Å². The molecule has 0 spiro atoms. The van der Waals surface area contributed by atoms with E-state index in [1.165, 1.54) is 6.08 Å². The van der Waals surface area contributed by atoms with E-state index in [0.717, 1.165) is 6.20 Å². The van der Waals surface area contributed by atoms with Crippen molar-refractivity contribution >= 4 is 0 Å². The Morgan fingerprint density at radius 3 is 2.45 bits per heavy atom. The maximum Gasteiger partial charge on any atom is 0.232 e. The lowest BCUT2D eigenvalue weighted by Gasteiger charge is -2.17. The summed E-state index contributed by atoms with van der Waals surface area (Å²) in [6.07, 6.45) is 2.26. The maximum absolute atomic E-state index is 9.79. The standard InChI is InChI=1S/C7H13NO3/c1-7(2,3)11-6-4-5-8(9)10/h4-5H,6H2,1-3H3/b5-4+. The largest absolute Gasteiger partial charge is 0.372 e. The summed E-state index contributed by atoms with van der Waals surface area (Å²) < 4.78 is 5.19. The highest BCUT2D eigenvalue weighted by Gasteiger charge is 2.07. The Kier molecular flexibility index (Phi) is 3.74. The summed E-state index contributed by atoms with van der Waals surface area (Å²) in [5, 5.41) is 9.79. The lowest BCUT2D eigenvalue weighted by atomic mass is 10.2. The van der Waals surface area contributed by atoms with Gasteiger partial charge in [-0.1, -0.05) is 0 Å². The third-order valence-electron chi connectivity index (χ3n) is 0.840. The predicted octanol–water partition coefficient (Wildman–Crippen LogP) is 1.59. The quantitative estimate of drug-likeness (QED) is 0.464. The number of nitrogens with zero attached hydrogens (tertiary/aromatic N) is 1. The van der Waals surface area contributed by atoms with Gasteiger partial charge in [-0.15, -0.1) is 0 Å². The second-order valence-corrected chi connectivity index (χ2v) is 3.09. The Labute approximate surface area is 66.0 Å². The van der Waals surface area contributed by atoms with Crippen molar-refractivity contribution in [2.45, 2.75) is 26.4 Å². The first-order valence-electron chi connectivity index (χ1n) is 3.36. The Bertz CT molecular complexity index is 158. The molecule has 64 valence electrons. The summed E-state index contributed by atoms with van der Waals surface area (Å²) in [6, 6.07) is 0. The molecule has 0 bridgehead atoms. The molecule has 0 rings (SSSR count). The average Bonchev–Trinajstić information content (AvgIpc) is 1.78. The fourth-order valence-corrected chi connectivity index (χ4v) is 0.427. The normalized spacial score (nSPS) is 12.3. The molecule has 11 heavy (non-hydrogen) atoms. The van der Waals surface area contributed by atoms with Crippen LogP contribution in [0, 0.1) is 10.1 Å². The molecule has 0 aliphatic heterocycles. The van der Waals surface area contributed by atoms with Crippen LogP contribution in [0.4, 0.5) is 0 Å². The monoisotopic (exact) mass is 159 g/mol. The van der Waals surface area contributed by atoms with Gasteiger partial charge in [0.25, 0.3) is 0 Å². The summed E-state index contributed by atoms with van der Waals surface area (Å²) in [4.78, 5) is 9.28. The minimum absolute atomic E-state index is 0.235. The summed E-state index contributed by atoms with van der Waals surface area (Å²) in [5.74, 6) is 0. The number of rotatable bonds is 3. The fourth-order valence-electron chi connectivity index (χ4n) is 0.427. The van der Waals surface area contributed by atoms with Crippen LogP contribution in [0.5, 0.6) is 0 Å². The summed E-state index contributed by atoms with van der Waals surface area (Å²) in [6.45, 7) is 5.97. The van der Waals surface area contributed by atoms with Crippen molar-refractivity contribution in [1.82, 2.24) is 0 Å². The van der Waals surface area contributed by atoms with Crippen molar-refractivity contribution in [2.24, 2.45) is 0 Å². The van der Waals surface area contributed by atoms with Crippen LogP contribution < -0.4 is 0 Å². The van der Waals surface area contributed by atoms with Crippen molar-refractivity contribution in [3.63, 3.8) is 0 Å². The third kappa shape index (κ3) is 9.10. The SMILES string of the molecule is CC(C)(C)OC/C=C/[N+](=O)[O-]. The lowest BCUT2D eigenvalue weighted by molar-refractivity contribution is -0.402. The Hall–Kier alpha value is -0.900. The van der Waals surface area contributed by atoms with Crippen LogP contribution in [0.25, 0.3) is 0 Å². The van der Waals surface area contributed by atoms with Gasteiger partial charge >= 0.3 is 0 Å². The van der Waals surface area contributed by atoms with E-state index in [-0.39, 0.29) is 12.2 Å². The number of hydrogen-bond acceptors (Lipinski definition) is 3.